The van der Waals surface area contributed by atoms with E-state index in [1.165, 1.54) is 12.3 Å². The number of aromatic nitrogens is 1. The van der Waals surface area contributed by atoms with E-state index < -0.39 is 27.9 Å². The lowest BCUT2D eigenvalue weighted by Crippen LogP contribution is -2.34. The van der Waals surface area contributed by atoms with Crippen molar-refractivity contribution in [3.8, 4) is 0 Å². The minimum absolute atomic E-state index is 0.0712. The van der Waals surface area contributed by atoms with E-state index in [9.17, 15) is 19.7 Å². The fraction of sp³-hybridized carbons (Fsp3) is 0.364. The molecule has 2 rings (SSSR count). The van der Waals surface area contributed by atoms with Gasteiger partial charge in [-0.3, -0.25) is 19.7 Å². The van der Waals surface area contributed by atoms with Crippen LogP contribution in [0.2, 0.25) is 5.15 Å². The van der Waals surface area contributed by atoms with Crippen LogP contribution in [0.3, 0.4) is 0 Å². The van der Waals surface area contributed by atoms with E-state index in [0.29, 0.717) is 12.8 Å². The number of nitrogens with zero attached hydrogens (tertiary/aromatic N) is 2. The first-order chi connectivity index (χ1) is 9.37. The van der Waals surface area contributed by atoms with E-state index in [2.05, 4.69) is 10.3 Å². The Morgan fingerprint density at radius 1 is 1.55 bits per heavy atom. The molecule has 1 aliphatic rings. The molecular weight excluding hydrogens is 290 g/mol. The van der Waals surface area contributed by atoms with Crippen LogP contribution in [0.25, 0.3) is 0 Å². The molecule has 8 nitrogen and oxygen atoms in total. The summed E-state index contributed by atoms with van der Waals surface area (Å²) in [5.41, 5.74) is -1.77. The Balaban J connectivity index is 2.16. The number of hydrogen-bond acceptors (Lipinski definition) is 5. The van der Waals surface area contributed by atoms with Gasteiger partial charge in [0.25, 0.3) is 5.91 Å². The predicted octanol–water partition coefficient (Wildman–Crippen LogP) is 1.24. The van der Waals surface area contributed by atoms with E-state index in [0.717, 1.165) is 0 Å². The van der Waals surface area contributed by atoms with Gasteiger partial charge in [-0.1, -0.05) is 11.6 Å². The van der Waals surface area contributed by atoms with Crippen LogP contribution in [-0.4, -0.2) is 33.4 Å². The van der Waals surface area contributed by atoms with Crippen LogP contribution in [-0.2, 0) is 4.79 Å². The Kier molecular flexibility index (Phi) is 3.58. The SMILES string of the molecule is O=C(NCC1(C(=O)O)CC1)c1ccnc(Cl)c1[N+](=O)[O-]. The topological polar surface area (TPSA) is 122 Å². The second kappa shape index (κ2) is 5.04. The molecule has 0 spiro atoms. The molecule has 20 heavy (non-hydrogen) atoms. The minimum Gasteiger partial charge on any atom is -0.481 e. The van der Waals surface area contributed by atoms with Gasteiger partial charge in [-0.05, 0) is 18.9 Å². The number of amides is 1. The molecule has 1 saturated carbocycles. The van der Waals surface area contributed by atoms with Crippen molar-refractivity contribution in [2.75, 3.05) is 6.54 Å². The number of pyridine rings is 1. The van der Waals surface area contributed by atoms with Gasteiger partial charge in [0.05, 0.1) is 10.3 Å². The number of carbonyl (C=O) groups is 2. The molecule has 0 unspecified atom stereocenters. The third kappa shape index (κ3) is 2.55. The zero-order chi connectivity index (χ0) is 14.9. The van der Waals surface area contributed by atoms with Crippen LogP contribution in [0, 0.1) is 15.5 Å². The van der Waals surface area contributed by atoms with Crippen LogP contribution >= 0.6 is 11.6 Å². The number of carboxylic acid groups (broad SMARTS) is 1. The molecule has 1 heterocycles. The Bertz CT molecular complexity index is 600. The highest BCUT2D eigenvalue weighted by atomic mass is 35.5. The zero-order valence-electron chi connectivity index (χ0n) is 10.1. The first-order valence-corrected chi connectivity index (χ1v) is 6.06. The summed E-state index contributed by atoms with van der Waals surface area (Å²) in [7, 11) is 0. The van der Waals surface area contributed by atoms with E-state index in [-0.39, 0.29) is 17.3 Å². The highest BCUT2D eigenvalue weighted by Gasteiger charge is 2.50. The minimum atomic E-state index is -0.986. The highest BCUT2D eigenvalue weighted by molar-refractivity contribution is 6.32. The number of carbonyl (C=O) groups excluding carboxylic acids is 1. The van der Waals surface area contributed by atoms with Gasteiger partial charge in [0.2, 0.25) is 5.15 Å². The number of nitrogens with one attached hydrogen (secondary N) is 1. The molecule has 2 N–H and O–H groups in total. The predicted molar refractivity (Wildman–Crippen MR) is 67.5 cm³/mol. The van der Waals surface area contributed by atoms with Crippen molar-refractivity contribution in [2.24, 2.45) is 5.41 Å². The first kappa shape index (κ1) is 14.2. The molecular formula is C11H10ClN3O5. The van der Waals surface area contributed by atoms with Crippen LogP contribution < -0.4 is 5.32 Å². The molecule has 1 aliphatic carbocycles. The molecule has 0 saturated heterocycles. The van der Waals surface area contributed by atoms with Crippen LogP contribution in [0.15, 0.2) is 12.3 Å². The maximum Gasteiger partial charge on any atom is 0.319 e. The van der Waals surface area contributed by atoms with Crippen molar-refractivity contribution in [1.82, 2.24) is 10.3 Å². The Morgan fingerprint density at radius 2 is 2.20 bits per heavy atom. The monoisotopic (exact) mass is 299 g/mol. The normalized spacial score (nSPS) is 15.4. The maximum atomic E-state index is 11.9. The van der Waals surface area contributed by atoms with Gasteiger partial charge in [0, 0.05) is 12.7 Å². The number of hydrogen-bond donors (Lipinski definition) is 2. The molecule has 9 heteroatoms. The number of carboxylic acids is 1. The lowest BCUT2D eigenvalue weighted by molar-refractivity contribution is -0.385. The van der Waals surface area contributed by atoms with Crippen LogP contribution in [0.1, 0.15) is 23.2 Å². The molecule has 1 amide bonds. The molecule has 0 aromatic carbocycles. The molecule has 106 valence electrons. The largest absolute Gasteiger partial charge is 0.481 e. The fourth-order valence-electron chi connectivity index (χ4n) is 1.75. The van der Waals surface area contributed by atoms with E-state index in [1.807, 2.05) is 0 Å². The lowest BCUT2D eigenvalue weighted by atomic mass is 10.1. The van der Waals surface area contributed by atoms with E-state index >= 15 is 0 Å². The third-order valence-electron chi connectivity index (χ3n) is 3.20. The number of aliphatic carboxylic acids is 1. The van der Waals surface area contributed by atoms with Crippen LogP contribution in [0.4, 0.5) is 5.69 Å². The van der Waals surface area contributed by atoms with Gasteiger partial charge >= 0.3 is 11.7 Å². The molecule has 0 radical (unpaired) electrons. The molecule has 0 bridgehead atoms. The zero-order valence-corrected chi connectivity index (χ0v) is 10.9. The summed E-state index contributed by atoms with van der Waals surface area (Å²) in [6.45, 7) is -0.0712. The summed E-state index contributed by atoms with van der Waals surface area (Å²) in [6, 6.07) is 1.17. The second-order valence-corrected chi connectivity index (χ2v) is 4.88. The quantitative estimate of drug-likeness (QED) is 0.479. The average molecular weight is 300 g/mol. The number of rotatable bonds is 5. The van der Waals surface area contributed by atoms with Crippen molar-refractivity contribution in [3.05, 3.63) is 33.1 Å². The number of halogens is 1. The first-order valence-electron chi connectivity index (χ1n) is 5.68. The average Bonchev–Trinajstić information content (AvgIpc) is 3.16. The molecule has 1 aromatic heterocycles. The van der Waals surface area contributed by atoms with Crippen molar-refractivity contribution in [3.63, 3.8) is 0 Å². The molecule has 0 aliphatic heterocycles. The lowest BCUT2D eigenvalue weighted by Gasteiger charge is -2.11. The molecule has 1 aromatic rings. The summed E-state index contributed by atoms with van der Waals surface area (Å²) in [6.07, 6.45) is 2.12. The summed E-state index contributed by atoms with van der Waals surface area (Å²) in [4.78, 5) is 36.5. The highest BCUT2D eigenvalue weighted by Crippen LogP contribution is 2.45. The standard InChI is InChI=1S/C11H10ClN3O5/c12-8-7(15(19)20)6(1-4-13-8)9(16)14-5-11(2-3-11)10(17)18/h1,4H,2-3,5H2,(H,14,16)(H,17,18). The van der Waals surface area contributed by atoms with Crippen molar-refractivity contribution >= 4 is 29.2 Å². The van der Waals surface area contributed by atoms with Gasteiger partial charge in [-0.2, -0.15) is 0 Å². The summed E-state index contributed by atoms with van der Waals surface area (Å²) >= 11 is 5.59. The Morgan fingerprint density at radius 3 is 2.70 bits per heavy atom. The van der Waals surface area contributed by atoms with Crippen molar-refractivity contribution in [2.45, 2.75) is 12.8 Å². The van der Waals surface area contributed by atoms with Gasteiger partial charge in [0.1, 0.15) is 5.56 Å². The summed E-state index contributed by atoms with van der Waals surface area (Å²) in [5.74, 6) is -1.73. The van der Waals surface area contributed by atoms with E-state index in [1.54, 1.807) is 0 Å². The maximum absolute atomic E-state index is 11.9. The Labute approximate surface area is 117 Å². The van der Waals surface area contributed by atoms with Gasteiger partial charge in [0.15, 0.2) is 0 Å². The van der Waals surface area contributed by atoms with Gasteiger partial charge in [-0.15, -0.1) is 0 Å². The van der Waals surface area contributed by atoms with Crippen molar-refractivity contribution < 1.29 is 19.6 Å². The van der Waals surface area contributed by atoms with E-state index in [4.69, 9.17) is 16.7 Å². The summed E-state index contributed by atoms with van der Waals surface area (Å²) in [5, 5.41) is 21.9. The Hall–Kier alpha value is -2.22. The third-order valence-corrected chi connectivity index (χ3v) is 3.48. The van der Waals surface area contributed by atoms with Crippen LogP contribution in [0.5, 0.6) is 0 Å². The summed E-state index contributed by atoms with van der Waals surface area (Å²) < 4.78 is 0. The smallest absolute Gasteiger partial charge is 0.319 e. The number of nitro groups is 1. The van der Waals surface area contributed by atoms with Gasteiger partial charge in [-0.25, -0.2) is 4.98 Å². The molecule has 0 atom stereocenters. The fourth-order valence-corrected chi connectivity index (χ4v) is 1.97. The van der Waals surface area contributed by atoms with Crippen molar-refractivity contribution in [1.29, 1.82) is 0 Å². The molecule has 1 fully saturated rings. The second-order valence-electron chi connectivity index (χ2n) is 4.52. The van der Waals surface area contributed by atoms with Gasteiger partial charge < -0.3 is 10.4 Å².